The second kappa shape index (κ2) is 10.8. The first-order valence-corrected chi connectivity index (χ1v) is 12.0. The largest absolute Gasteiger partial charge is 0.494 e. The van der Waals surface area contributed by atoms with Gasteiger partial charge in [-0.05, 0) is 74.3 Å². The van der Waals surface area contributed by atoms with Crippen LogP contribution in [0.15, 0.2) is 53.3 Å². The highest BCUT2D eigenvalue weighted by Crippen LogP contribution is 2.22. The summed E-state index contributed by atoms with van der Waals surface area (Å²) in [6.07, 6.45) is 3.06. The van der Waals surface area contributed by atoms with Gasteiger partial charge in [0, 0.05) is 35.3 Å². The highest BCUT2D eigenvalue weighted by Gasteiger charge is 2.22. The Morgan fingerprint density at radius 3 is 2.82 bits per heavy atom. The highest BCUT2D eigenvalue weighted by molar-refractivity contribution is 7.80. The second-order valence-corrected chi connectivity index (χ2v) is 8.65. The fourth-order valence-electron chi connectivity index (χ4n) is 4.21. The van der Waals surface area contributed by atoms with Crippen molar-refractivity contribution >= 4 is 33.9 Å². The number of nitrogens with zero attached hydrogens (tertiary/aromatic N) is 1. The monoisotopic (exact) mass is 465 g/mol. The van der Waals surface area contributed by atoms with E-state index >= 15 is 0 Å². The van der Waals surface area contributed by atoms with Crippen LogP contribution < -0.4 is 15.6 Å². The number of rotatable bonds is 8. The fraction of sp³-hybridized carbons (Fsp3) is 0.385. The maximum atomic E-state index is 12.9. The number of thiocarbonyl (C=S) groups is 1. The van der Waals surface area contributed by atoms with Gasteiger partial charge in [0.1, 0.15) is 5.75 Å². The van der Waals surface area contributed by atoms with Crippen molar-refractivity contribution in [3.63, 3.8) is 0 Å². The lowest BCUT2D eigenvalue weighted by Crippen LogP contribution is -2.40. The van der Waals surface area contributed by atoms with Gasteiger partial charge in [0.15, 0.2) is 5.11 Å². The summed E-state index contributed by atoms with van der Waals surface area (Å²) in [6.45, 7) is 6.47. The normalized spacial score (nSPS) is 15.5. The number of aromatic amines is 1. The van der Waals surface area contributed by atoms with Crippen molar-refractivity contribution < 1.29 is 9.47 Å². The van der Waals surface area contributed by atoms with Crippen LogP contribution in [0.25, 0.3) is 10.9 Å². The second-order valence-electron chi connectivity index (χ2n) is 8.26. The molecule has 174 valence electrons. The number of benzene rings is 2. The molecule has 33 heavy (non-hydrogen) atoms. The third-order valence-electron chi connectivity index (χ3n) is 5.94. The van der Waals surface area contributed by atoms with E-state index in [9.17, 15) is 4.79 Å². The van der Waals surface area contributed by atoms with E-state index in [-0.39, 0.29) is 11.7 Å². The Morgan fingerprint density at radius 2 is 2.06 bits per heavy atom. The standard InChI is InChI=1S/C26H31N3O3S/c1-3-18-8-5-6-10-23(18)28-26(33)29(17-22-9-7-13-32-22)16-20-14-19-15-21(31-4-2)11-12-24(19)27-25(20)30/h5-6,8,10-12,14-15,22H,3-4,7,9,13,16-17H2,1-2H3,(H,27,30)(H,28,33). The molecule has 1 fully saturated rings. The molecule has 0 saturated carbocycles. The summed E-state index contributed by atoms with van der Waals surface area (Å²) in [5.41, 5.74) is 3.53. The van der Waals surface area contributed by atoms with Crippen molar-refractivity contribution in [2.45, 2.75) is 45.8 Å². The van der Waals surface area contributed by atoms with Crippen molar-refractivity contribution in [3.8, 4) is 5.75 Å². The molecule has 0 aliphatic carbocycles. The Labute approximate surface area is 199 Å². The lowest BCUT2D eigenvalue weighted by Gasteiger charge is -2.28. The molecule has 4 rings (SSSR count). The molecule has 6 nitrogen and oxygen atoms in total. The molecule has 0 amide bonds. The van der Waals surface area contributed by atoms with Crippen LogP contribution in [0, 0.1) is 0 Å². The van der Waals surface area contributed by atoms with E-state index in [0.29, 0.717) is 30.4 Å². The summed E-state index contributed by atoms with van der Waals surface area (Å²) >= 11 is 5.82. The molecular weight excluding hydrogens is 434 g/mol. The van der Waals surface area contributed by atoms with Gasteiger partial charge in [0.2, 0.25) is 0 Å². The maximum Gasteiger partial charge on any atom is 0.253 e. The number of anilines is 1. The molecule has 0 spiro atoms. The summed E-state index contributed by atoms with van der Waals surface area (Å²) < 4.78 is 11.5. The van der Waals surface area contributed by atoms with Crippen molar-refractivity contribution in [1.29, 1.82) is 0 Å². The molecule has 1 aliphatic heterocycles. The summed E-state index contributed by atoms with van der Waals surface area (Å²) in [6, 6.07) is 15.8. The zero-order chi connectivity index (χ0) is 23.2. The minimum Gasteiger partial charge on any atom is -0.494 e. The number of hydrogen-bond donors (Lipinski definition) is 2. The van der Waals surface area contributed by atoms with Crippen molar-refractivity contribution in [2.75, 3.05) is 25.1 Å². The molecule has 0 radical (unpaired) electrons. The van der Waals surface area contributed by atoms with Crippen molar-refractivity contribution in [1.82, 2.24) is 9.88 Å². The summed E-state index contributed by atoms with van der Waals surface area (Å²) in [7, 11) is 0. The molecule has 1 aliphatic rings. The number of nitrogens with one attached hydrogen (secondary N) is 2. The van der Waals surface area contributed by atoms with Gasteiger partial charge >= 0.3 is 0 Å². The highest BCUT2D eigenvalue weighted by atomic mass is 32.1. The summed E-state index contributed by atoms with van der Waals surface area (Å²) in [5, 5.41) is 4.93. The zero-order valence-corrected chi connectivity index (χ0v) is 20.0. The molecule has 3 aromatic rings. The summed E-state index contributed by atoms with van der Waals surface area (Å²) in [4.78, 5) is 17.9. The van der Waals surface area contributed by atoms with E-state index < -0.39 is 0 Å². The van der Waals surface area contributed by atoms with Gasteiger partial charge in [-0.3, -0.25) is 4.79 Å². The third-order valence-corrected chi connectivity index (χ3v) is 6.30. The lowest BCUT2D eigenvalue weighted by molar-refractivity contribution is 0.0904. The Hall–Kier alpha value is -2.90. The van der Waals surface area contributed by atoms with Gasteiger partial charge in [-0.15, -0.1) is 0 Å². The molecule has 1 saturated heterocycles. The molecule has 2 N–H and O–H groups in total. The van der Waals surface area contributed by atoms with Crippen LogP contribution in [0.3, 0.4) is 0 Å². The molecule has 0 bridgehead atoms. The van der Waals surface area contributed by atoms with Gasteiger partial charge in [0.25, 0.3) is 5.56 Å². The molecule has 1 aromatic heterocycles. The topological polar surface area (TPSA) is 66.6 Å². The predicted octanol–water partition coefficient (Wildman–Crippen LogP) is 4.87. The molecule has 1 unspecified atom stereocenters. The van der Waals surface area contributed by atoms with E-state index in [4.69, 9.17) is 21.7 Å². The fourth-order valence-corrected chi connectivity index (χ4v) is 4.46. The van der Waals surface area contributed by atoms with Gasteiger partial charge in [-0.2, -0.15) is 0 Å². The van der Waals surface area contributed by atoms with Crippen LogP contribution in [0.4, 0.5) is 5.69 Å². The van der Waals surface area contributed by atoms with E-state index in [1.165, 1.54) is 5.56 Å². The third kappa shape index (κ3) is 5.72. The van der Waals surface area contributed by atoms with Gasteiger partial charge in [-0.1, -0.05) is 25.1 Å². The Kier molecular flexibility index (Phi) is 7.62. The predicted molar refractivity (Wildman–Crippen MR) is 137 cm³/mol. The minimum atomic E-state index is -0.110. The number of H-pyrrole nitrogens is 1. The van der Waals surface area contributed by atoms with Gasteiger partial charge in [0.05, 0.1) is 19.3 Å². The Morgan fingerprint density at radius 1 is 1.21 bits per heavy atom. The van der Waals surface area contributed by atoms with Gasteiger partial charge < -0.3 is 24.7 Å². The van der Waals surface area contributed by atoms with E-state index in [0.717, 1.165) is 48.2 Å². The average Bonchev–Trinajstić information content (AvgIpc) is 3.33. The van der Waals surface area contributed by atoms with Crippen molar-refractivity contribution in [2.24, 2.45) is 0 Å². The van der Waals surface area contributed by atoms with E-state index in [2.05, 4.69) is 23.3 Å². The number of para-hydroxylation sites is 1. The van der Waals surface area contributed by atoms with Crippen molar-refractivity contribution in [3.05, 3.63) is 70.0 Å². The zero-order valence-electron chi connectivity index (χ0n) is 19.2. The summed E-state index contributed by atoms with van der Waals surface area (Å²) in [5.74, 6) is 0.785. The first-order chi connectivity index (χ1) is 16.1. The number of aromatic nitrogens is 1. The number of aryl methyl sites for hydroxylation is 1. The molecule has 2 heterocycles. The molecule has 1 atom stereocenters. The maximum absolute atomic E-state index is 12.9. The molecule has 2 aromatic carbocycles. The van der Waals surface area contributed by atoms with E-state index in [1.807, 2.05) is 54.3 Å². The number of pyridine rings is 1. The van der Waals surface area contributed by atoms with E-state index in [1.54, 1.807) is 0 Å². The van der Waals surface area contributed by atoms with Crippen LogP contribution in [0.2, 0.25) is 0 Å². The Bertz CT molecular complexity index is 1170. The lowest BCUT2D eigenvalue weighted by atomic mass is 10.1. The number of fused-ring (bicyclic) bond motifs is 1. The first kappa shape index (κ1) is 23.3. The van der Waals surface area contributed by atoms with Crippen LogP contribution >= 0.6 is 12.2 Å². The SMILES string of the molecule is CCOc1ccc2[nH]c(=O)c(CN(CC3CCCO3)C(=S)Nc3ccccc3CC)cc2c1. The van der Waals surface area contributed by atoms with Crippen LogP contribution in [-0.2, 0) is 17.7 Å². The Balaban J connectivity index is 1.61. The number of ether oxygens (including phenoxy) is 2. The smallest absolute Gasteiger partial charge is 0.253 e. The number of hydrogen-bond acceptors (Lipinski definition) is 4. The van der Waals surface area contributed by atoms with Crippen LogP contribution in [0.5, 0.6) is 5.75 Å². The first-order valence-electron chi connectivity index (χ1n) is 11.6. The quantitative estimate of drug-likeness (QED) is 0.463. The molecule has 7 heteroatoms. The van der Waals surface area contributed by atoms with Gasteiger partial charge in [-0.25, -0.2) is 0 Å². The minimum absolute atomic E-state index is 0.107. The molecular formula is C26H31N3O3S. The average molecular weight is 466 g/mol. The van der Waals surface area contributed by atoms with Crippen LogP contribution in [-0.4, -0.2) is 40.9 Å². The van der Waals surface area contributed by atoms with Crippen LogP contribution in [0.1, 0.15) is 37.8 Å².